The van der Waals surface area contributed by atoms with E-state index in [-0.39, 0.29) is 11.9 Å². The van der Waals surface area contributed by atoms with Crippen molar-refractivity contribution < 1.29 is 23.9 Å². The lowest BCUT2D eigenvalue weighted by molar-refractivity contribution is -0.157. The number of carbonyl (C=O) groups is 3. The van der Waals surface area contributed by atoms with E-state index in [1.807, 2.05) is 30.3 Å². The standard InChI is InChI=1S/C22H30N2O5/c1-21(2,3)29-20(27)23-22(14-15-8-6-5-7-9-15)13-12-16-10-11-17(18(25)28-4)24(16)19(22)26/h5-9,16-17H,10-14H2,1-4H3,(H,23,27). The molecule has 0 saturated carbocycles. The minimum atomic E-state index is -1.16. The molecule has 2 heterocycles. The molecule has 0 radical (unpaired) electrons. The van der Waals surface area contributed by atoms with Crippen molar-refractivity contribution >= 4 is 18.0 Å². The van der Waals surface area contributed by atoms with Gasteiger partial charge in [0.15, 0.2) is 0 Å². The molecule has 29 heavy (non-hydrogen) atoms. The zero-order valence-electron chi connectivity index (χ0n) is 17.6. The zero-order valence-corrected chi connectivity index (χ0v) is 17.6. The van der Waals surface area contributed by atoms with Crippen LogP contribution < -0.4 is 5.32 Å². The summed E-state index contributed by atoms with van der Waals surface area (Å²) in [4.78, 5) is 40.2. The van der Waals surface area contributed by atoms with Crippen molar-refractivity contribution in [3.05, 3.63) is 35.9 Å². The Morgan fingerprint density at radius 3 is 2.48 bits per heavy atom. The Morgan fingerprint density at radius 2 is 1.86 bits per heavy atom. The van der Waals surface area contributed by atoms with Crippen molar-refractivity contribution in [2.24, 2.45) is 0 Å². The molecule has 2 fully saturated rings. The highest BCUT2D eigenvalue weighted by Gasteiger charge is 2.54. The quantitative estimate of drug-likeness (QED) is 0.783. The van der Waals surface area contributed by atoms with Gasteiger partial charge in [0.2, 0.25) is 5.91 Å². The van der Waals surface area contributed by atoms with Crippen LogP contribution in [0.25, 0.3) is 0 Å². The van der Waals surface area contributed by atoms with Crippen LogP contribution in [0.2, 0.25) is 0 Å². The molecule has 7 nitrogen and oxygen atoms in total. The number of ether oxygens (including phenoxy) is 2. The third-order valence-corrected chi connectivity index (χ3v) is 5.61. The highest BCUT2D eigenvalue weighted by Crippen LogP contribution is 2.38. The molecule has 0 aliphatic carbocycles. The summed E-state index contributed by atoms with van der Waals surface area (Å²) in [7, 11) is 1.33. The van der Waals surface area contributed by atoms with E-state index in [0.717, 1.165) is 12.0 Å². The molecule has 3 atom stereocenters. The Bertz CT molecular complexity index is 773. The number of carbonyl (C=O) groups excluding carboxylic acids is 3. The van der Waals surface area contributed by atoms with Crippen LogP contribution in [0.3, 0.4) is 0 Å². The highest BCUT2D eigenvalue weighted by molar-refractivity contribution is 5.94. The third kappa shape index (κ3) is 4.54. The van der Waals surface area contributed by atoms with E-state index < -0.39 is 29.2 Å². The Morgan fingerprint density at radius 1 is 1.17 bits per heavy atom. The molecule has 1 N–H and O–H groups in total. The molecular weight excluding hydrogens is 372 g/mol. The van der Waals surface area contributed by atoms with Crippen LogP contribution in [0.4, 0.5) is 4.79 Å². The van der Waals surface area contributed by atoms with Gasteiger partial charge in [0.05, 0.1) is 7.11 Å². The van der Waals surface area contributed by atoms with Crippen LogP contribution >= 0.6 is 0 Å². The number of nitrogens with one attached hydrogen (secondary N) is 1. The molecule has 158 valence electrons. The fourth-order valence-electron chi connectivity index (χ4n) is 4.38. The van der Waals surface area contributed by atoms with Crippen molar-refractivity contribution in [1.82, 2.24) is 10.2 Å². The molecule has 2 aliphatic rings. The first kappa shape index (κ1) is 21.1. The van der Waals surface area contributed by atoms with Crippen molar-refractivity contribution in [3.63, 3.8) is 0 Å². The second-order valence-electron chi connectivity index (χ2n) is 8.89. The van der Waals surface area contributed by atoms with Gasteiger partial charge < -0.3 is 19.7 Å². The van der Waals surface area contributed by atoms with E-state index in [1.165, 1.54) is 7.11 Å². The second-order valence-corrected chi connectivity index (χ2v) is 8.89. The SMILES string of the molecule is COC(=O)C1CCC2CCC(Cc3ccccc3)(NC(=O)OC(C)(C)C)C(=O)N21. The first-order valence-corrected chi connectivity index (χ1v) is 10.1. The second kappa shape index (κ2) is 8.05. The normalized spacial score (nSPS) is 26.6. The van der Waals surface area contributed by atoms with E-state index in [9.17, 15) is 14.4 Å². The Labute approximate surface area is 171 Å². The lowest BCUT2D eigenvalue weighted by atomic mass is 9.80. The first-order chi connectivity index (χ1) is 13.6. The molecule has 3 unspecified atom stereocenters. The predicted molar refractivity (Wildman–Crippen MR) is 107 cm³/mol. The summed E-state index contributed by atoms with van der Waals surface area (Å²) in [6, 6.07) is 8.97. The molecule has 7 heteroatoms. The molecule has 3 rings (SSSR count). The summed E-state index contributed by atoms with van der Waals surface area (Å²) < 4.78 is 10.4. The zero-order chi connectivity index (χ0) is 21.2. The molecule has 0 bridgehead atoms. The maximum absolute atomic E-state index is 13.7. The predicted octanol–water partition coefficient (Wildman–Crippen LogP) is 2.82. The van der Waals surface area contributed by atoms with Gasteiger partial charge >= 0.3 is 12.1 Å². The van der Waals surface area contributed by atoms with Gasteiger partial charge in [0.1, 0.15) is 17.2 Å². The number of esters is 1. The number of amides is 2. The first-order valence-electron chi connectivity index (χ1n) is 10.1. The average Bonchev–Trinajstić information content (AvgIpc) is 3.08. The van der Waals surface area contributed by atoms with Gasteiger partial charge in [-0.1, -0.05) is 30.3 Å². The van der Waals surface area contributed by atoms with E-state index in [1.54, 1.807) is 25.7 Å². The minimum absolute atomic E-state index is 0.00376. The van der Waals surface area contributed by atoms with Crippen molar-refractivity contribution in [1.29, 1.82) is 0 Å². The van der Waals surface area contributed by atoms with Gasteiger partial charge in [0.25, 0.3) is 0 Å². The fraction of sp³-hybridized carbons (Fsp3) is 0.591. The van der Waals surface area contributed by atoms with Gasteiger partial charge in [-0.05, 0) is 52.0 Å². The van der Waals surface area contributed by atoms with Gasteiger partial charge in [-0.3, -0.25) is 4.79 Å². The van der Waals surface area contributed by atoms with E-state index in [4.69, 9.17) is 9.47 Å². The van der Waals surface area contributed by atoms with Crippen LogP contribution in [0, 0.1) is 0 Å². The summed E-state index contributed by atoms with van der Waals surface area (Å²) >= 11 is 0. The summed E-state index contributed by atoms with van der Waals surface area (Å²) in [6.07, 6.45) is 2.25. The van der Waals surface area contributed by atoms with Crippen molar-refractivity contribution in [2.45, 2.75) is 76.1 Å². The summed E-state index contributed by atoms with van der Waals surface area (Å²) in [5, 5.41) is 2.87. The average molecular weight is 402 g/mol. The molecule has 1 aromatic carbocycles. The van der Waals surface area contributed by atoms with Gasteiger partial charge in [0, 0.05) is 12.5 Å². The summed E-state index contributed by atoms with van der Waals surface area (Å²) in [5.74, 6) is -0.648. The maximum Gasteiger partial charge on any atom is 0.408 e. The fourth-order valence-corrected chi connectivity index (χ4v) is 4.38. The van der Waals surface area contributed by atoms with Crippen LogP contribution in [0.1, 0.15) is 52.0 Å². The lowest BCUT2D eigenvalue weighted by Crippen LogP contribution is -2.67. The van der Waals surface area contributed by atoms with Crippen LogP contribution in [-0.4, -0.2) is 53.2 Å². The van der Waals surface area contributed by atoms with Gasteiger partial charge in [-0.2, -0.15) is 0 Å². The van der Waals surface area contributed by atoms with Crippen LogP contribution in [-0.2, 0) is 25.5 Å². The molecule has 0 spiro atoms. The lowest BCUT2D eigenvalue weighted by Gasteiger charge is -2.45. The molecule has 2 aliphatic heterocycles. The van der Waals surface area contributed by atoms with Gasteiger partial charge in [-0.25, -0.2) is 9.59 Å². The number of methoxy groups -OCH3 is 1. The molecule has 2 amide bonds. The summed E-state index contributed by atoms with van der Waals surface area (Å²) in [6.45, 7) is 5.34. The van der Waals surface area contributed by atoms with Crippen LogP contribution in [0.15, 0.2) is 30.3 Å². The maximum atomic E-state index is 13.7. The topological polar surface area (TPSA) is 84.9 Å². The Hall–Kier alpha value is -2.57. The third-order valence-electron chi connectivity index (χ3n) is 5.61. The van der Waals surface area contributed by atoms with E-state index in [0.29, 0.717) is 25.7 Å². The van der Waals surface area contributed by atoms with E-state index >= 15 is 0 Å². The van der Waals surface area contributed by atoms with Crippen molar-refractivity contribution in [3.8, 4) is 0 Å². The van der Waals surface area contributed by atoms with Crippen LogP contribution in [0.5, 0.6) is 0 Å². The largest absolute Gasteiger partial charge is 0.467 e. The smallest absolute Gasteiger partial charge is 0.408 e. The number of alkyl carbamates (subject to hydrolysis) is 1. The highest BCUT2D eigenvalue weighted by atomic mass is 16.6. The Kier molecular flexibility index (Phi) is 5.87. The number of benzene rings is 1. The molecule has 1 aromatic rings. The van der Waals surface area contributed by atoms with E-state index in [2.05, 4.69) is 5.32 Å². The molecule has 2 saturated heterocycles. The number of fused-ring (bicyclic) bond motifs is 1. The monoisotopic (exact) mass is 402 g/mol. The van der Waals surface area contributed by atoms with Gasteiger partial charge in [-0.15, -0.1) is 0 Å². The number of nitrogens with zero attached hydrogens (tertiary/aromatic N) is 1. The minimum Gasteiger partial charge on any atom is -0.467 e. The molecular formula is C22H30N2O5. The number of hydrogen-bond acceptors (Lipinski definition) is 5. The number of hydrogen-bond donors (Lipinski definition) is 1. The van der Waals surface area contributed by atoms with Crippen molar-refractivity contribution in [2.75, 3.05) is 7.11 Å². The Balaban J connectivity index is 1.92. The number of rotatable bonds is 4. The summed E-state index contributed by atoms with van der Waals surface area (Å²) in [5.41, 5.74) is -0.902. The molecule has 0 aromatic heterocycles. The number of piperidine rings is 1.